The van der Waals surface area contributed by atoms with Gasteiger partial charge in [0.05, 0.1) is 6.54 Å². The molecule has 1 fully saturated rings. The van der Waals surface area contributed by atoms with Gasteiger partial charge in [-0.25, -0.2) is 0 Å². The van der Waals surface area contributed by atoms with Crippen molar-refractivity contribution < 1.29 is 4.79 Å². The maximum atomic E-state index is 10.4. The van der Waals surface area contributed by atoms with Gasteiger partial charge in [0.25, 0.3) is 0 Å². The zero-order valence-electron chi connectivity index (χ0n) is 7.71. The highest BCUT2D eigenvalue weighted by Crippen LogP contribution is 2.10. The maximum Gasteiger partial charge on any atom is 0.231 e. The van der Waals surface area contributed by atoms with Crippen LogP contribution < -0.4 is 11.1 Å². The van der Waals surface area contributed by atoms with E-state index in [0.29, 0.717) is 18.6 Å². The van der Waals surface area contributed by atoms with Gasteiger partial charge in [0.2, 0.25) is 5.91 Å². The smallest absolute Gasteiger partial charge is 0.231 e. The number of hydrogen-bond donors (Lipinski definition) is 2. The van der Waals surface area contributed by atoms with E-state index in [1.165, 1.54) is 0 Å². The summed E-state index contributed by atoms with van der Waals surface area (Å²) in [6, 6.07) is 1.07. The summed E-state index contributed by atoms with van der Waals surface area (Å²) in [5.74, 6) is -0.280. The van der Waals surface area contributed by atoms with E-state index in [1.807, 2.05) is 0 Å². The van der Waals surface area contributed by atoms with Crippen LogP contribution in [0.2, 0.25) is 0 Å². The second-order valence-electron chi connectivity index (χ2n) is 3.59. The van der Waals surface area contributed by atoms with Crippen molar-refractivity contribution in [2.45, 2.75) is 25.9 Å². The summed E-state index contributed by atoms with van der Waals surface area (Å²) in [6.45, 7) is 6.71. The highest BCUT2D eigenvalue weighted by Gasteiger charge is 2.27. The number of carbonyl (C=O) groups is 1. The fourth-order valence-corrected chi connectivity index (χ4v) is 1.31. The first-order valence-corrected chi connectivity index (χ1v) is 4.35. The number of hydrogen-bond acceptors (Lipinski definition) is 3. The van der Waals surface area contributed by atoms with E-state index in [1.54, 1.807) is 0 Å². The summed E-state index contributed by atoms with van der Waals surface area (Å²) >= 11 is 0. The molecule has 12 heavy (non-hydrogen) atoms. The molecule has 0 aromatic carbocycles. The maximum absolute atomic E-state index is 10.4. The van der Waals surface area contributed by atoms with Crippen molar-refractivity contribution in [3.8, 4) is 0 Å². The highest BCUT2D eigenvalue weighted by molar-refractivity contribution is 5.75. The Bertz CT molecular complexity index is 164. The summed E-state index contributed by atoms with van der Waals surface area (Å²) in [7, 11) is 0. The Hall–Kier alpha value is -0.610. The summed E-state index contributed by atoms with van der Waals surface area (Å²) < 4.78 is 0. The average molecular weight is 171 g/mol. The largest absolute Gasteiger partial charge is 0.369 e. The number of nitrogens with one attached hydrogen (secondary N) is 1. The van der Waals surface area contributed by atoms with Crippen LogP contribution >= 0.6 is 0 Å². The molecule has 3 N–H and O–H groups in total. The first-order valence-electron chi connectivity index (χ1n) is 4.35. The van der Waals surface area contributed by atoms with Crippen LogP contribution in [0.1, 0.15) is 13.8 Å². The molecular weight excluding hydrogens is 154 g/mol. The van der Waals surface area contributed by atoms with Crippen LogP contribution in [0.3, 0.4) is 0 Å². The van der Waals surface area contributed by atoms with Crippen LogP contribution in [0.4, 0.5) is 0 Å². The molecule has 4 nitrogen and oxygen atoms in total. The Morgan fingerprint density at radius 3 is 2.67 bits per heavy atom. The molecular formula is C8H17N3O. The summed E-state index contributed by atoms with van der Waals surface area (Å²) in [5, 5.41) is 3.09. The molecule has 1 aliphatic heterocycles. The number of nitrogens with zero attached hydrogens (tertiary/aromatic N) is 1. The van der Waals surface area contributed by atoms with E-state index in [4.69, 9.17) is 5.73 Å². The molecule has 1 rings (SSSR count). The number of nitrogens with two attached hydrogens (primary N) is 1. The van der Waals surface area contributed by atoms with Gasteiger partial charge < -0.3 is 11.1 Å². The van der Waals surface area contributed by atoms with Crippen molar-refractivity contribution in [2.75, 3.05) is 19.6 Å². The van der Waals surface area contributed by atoms with E-state index in [9.17, 15) is 4.79 Å². The minimum absolute atomic E-state index is 0.280. The van der Waals surface area contributed by atoms with E-state index in [-0.39, 0.29) is 5.91 Å². The van der Waals surface area contributed by atoms with Gasteiger partial charge in [-0.3, -0.25) is 9.69 Å². The van der Waals surface area contributed by atoms with Gasteiger partial charge in [-0.15, -0.1) is 0 Å². The minimum atomic E-state index is -0.280. The lowest BCUT2D eigenvalue weighted by Gasteiger charge is -2.42. The van der Waals surface area contributed by atoms with Gasteiger partial charge in [-0.05, 0) is 13.8 Å². The zero-order valence-corrected chi connectivity index (χ0v) is 7.71. The zero-order chi connectivity index (χ0) is 9.14. The van der Waals surface area contributed by atoms with Crippen LogP contribution in [0.15, 0.2) is 0 Å². The lowest BCUT2D eigenvalue weighted by molar-refractivity contribution is -0.117. The van der Waals surface area contributed by atoms with Crippen molar-refractivity contribution in [1.82, 2.24) is 10.2 Å². The number of likely N-dealkylation sites (tertiary alicyclic amines) is 1. The average Bonchev–Trinajstić information content (AvgIpc) is 1.82. The summed E-state index contributed by atoms with van der Waals surface area (Å²) in [6.07, 6.45) is 0. The van der Waals surface area contributed by atoms with E-state index >= 15 is 0 Å². The number of primary amides is 1. The first-order chi connectivity index (χ1) is 5.59. The van der Waals surface area contributed by atoms with Crippen LogP contribution in [0.5, 0.6) is 0 Å². The standard InChI is InChI=1S/C8H17N3O/c1-6(2)11-4-7(5-11)10-3-8(9)12/h6-7,10H,3-5H2,1-2H3,(H2,9,12). The first kappa shape index (κ1) is 9.48. The second-order valence-corrected chi connectivity index (χ2v) is 3.59. The molecule has 70 valence electrons. The predicted molar refractivity (Wildman–Crippen MR) is 47.7 cm³/mol. The highest BCUT2D eigenvalue weighted by atomic mass is 16.1. The Morgan fingerprint density at radius 2 is 2.25 bits per heavy atom. The normalized spacial score (nSPS) is 19.6. The van der Waals surface area contributed by atoms with Gasteiger partial charge >= 0.3 is 0 Å². The fraction of sp³-hybridized carbons (Fsp3) is 0.875. The van der Waals surface area contributed by atoms with Gasteiger partial charge in [-0.1, -0.05) is 0 Å². The van der Waals surface area contributed by atoms with Crippen molar-refractivity contribution in [3.63, 3.8) is 0 Å². The monoisotopic (exact) mass is 171 g/mol. The summed E-state index contributed by atoms with van der Waals surface area (Å²) in [4.78, 5) is 12.8. The summed E-state index contributed by atoms with van der Waals surface area (Å²) in [5.41, 5.74) is 5.00. The molecule has 1 aliphatic rings. The quantitative estimate of drug-likeness (QED) is 0.579. The molecule has 0 radical (unpaired) electrons. The third kappa shape index (κ3) is 2.46. The molecule has 1 heterocycles. The van der Waals surface area contributed by atoms with Crippen molar-refractivity contribution in [2.24, 2.45) is 5.73 Å². The number of amides is 1. The molecule has 0 bridgehead atoms. The van der Waals surface area contributed by atoms with Crippen molar-refractivity contribution in [3.05, 3.63) is 0 Å². The van der Waals surface area contributed by atoms with E-state index < -0.39 is 0 Å². The Kier molecular flexibility index (Phi) is 3.05. The molecule has 0 saturated carbocycles. The minimum Gasteiger partial charge on any atom is -0.369 e. The molecule has 0 unspecified atom stereocenters. The topological polar surface area (TPSA) is 58.4 Å². The van der Waals surface area contributed by atoms with Crippen LogP contribution in [-0.4, -0.2) is 42.5 Å². The molecule has 0 aromatic heterocycles. The van der Waals surface area contributed by atoms with Crippen molar-refractivity contribution >= 4 is 5.91 Å². The Labute approximate surface area is 73.1 Å². The van der Waals surface area contributed by atoms with E-state index in [0.717, 1.165) is 13.1 Å². The molecule has 1 amide bonds. The third-order valence-corrected chi connectivity index (χ3v) is 2.21. The van der Waals surface area contributed by atoms with Gasteiger partial charge in [0, 0.05) is 25.2 Å². The lowest BCUT2D eigenvalue weighted by Crippen LogP contribution is -2.60. The molecule has 0 spiro atoms. The third-order valence-electron chi connectivity index (χ3n) is 2.21. The SMILES string of the molecule is CC(C)N1CC(NCC(N)=O)C1. The van der Waals surface area contributed by atoms with Gasteiger partial charge in [0.15, 0.2) is 0 Å². The van der Waals surface area contributed by atoms with Gasteiger partial charge in [0.1, 0.15) is 0 Å². The number of carbonyl (C=O) groups excluding carboxylic acids is 1. The molecule has 4 heteroatoms. The Balaban J connectivity index is 2.06. The molecule has 0 atom stereocenters. The second kappa shape index (κ2) is 3.87. The van der Waals surface area contributed by atoms with E-state index in [2.05, 4.69) is 24.1 Å². The molecule has 0 aliphatic carbocycles. The van der Waals surface area contributed by atoms with Crippen LogP contribution in [-0.2, 0) is 4.79 Å². The number of rotatable bonds is 4. The predicted octanol–water partition coefficient (Wildman–Crippen LogP) is -0.846. The van der Waals surface area contributed by atoms with Crippen LogP contribution in [0.25, 0.3) is 0 Å². The lowest BCUT2D eigenvalue weighted by atomic mass is 10.1. The van der Waals surface area contributed by atoms with Crippen LogP contribution in [0, 0.1) is 0 Å². The molecule has 1 saturated heterocycles. The van der Waals surface area contributed by atoms with Crippen molar-refractivity contribution in [1.29, 1.82) is 0 Å². The Morgan fingerprint density at radius 1 is 1.67 bits per heavy atom. The van der Waals surface area contributed by atoms with Gasteiger partial charge in [-0.2, -0.15) is 0 Å². The fourth-order valence-electron chi connectivity index (χ4n) is 1.31. The molecule has 0 aromatic rings.